The number of ether oxygens (including phenoxy) is 1. The van der Waals surface area contributed by atoms with Gasteiger partial charge in [-0.15, -0.1) is 0 Å². The first-order valence-corrected chi connectivity index (χ1v) is 8.83. The van der Waals surface area contributed by atoms with Crippen LogP contribution in [0.5, 0.6) is 5.75 Å². The van der Waals surface area contributed by atoms with Crippen LogP contribution in [0.3, 0.4) is 0 Å². The minimum Gasteiger partial charge on any atom is -0.494 e. The van der Waals surface area contributed by atoms with Crippen LogP contribution in [-0.4, -0.2) is 53.3 Å². The van der Waals surface area contributed by atoms with Gasteiger partial charge in [0.25, 0.3) is 0 Å². The smallest absolute Gasteiger partial charge is 0.225 e. The maximum atomic E-state index is 12.4. The van der Waals surface area contributed by atoms with E-state index in [2.05, 4.69) is 15.3 Å². The van der Waals surface area contributed by atoms with Gasteiger partial charge in [0.15, 0.2) is 0 Å². The van der Waals surface area contributed by atoms with Crippen molar-refractivity contribution in [2.75, 3.05) is 31.2 Å². The predicted octanol–water partition coefficient (Wildman–Crippen LogP) is 1.03. The van der Waals surface area contributed by atoms with Gasteiger partial charge in [-0.3, -0.25) is 4.79 Å². The minimum absolute atomic E-state index is 0.0112. The number of nitrogens with zero attached hydrogens (tertiary/aromatic N) is 3. The van der Waals surface area contributed by atoms with Crippen LogP contribution in [0.4, 0.5) is 5.95 Å². The molecule has 2 aromatic rings. The molecule has 0 bridgehead atoms. The molecule has 1 aromatic carbocycles. The zero-order valence-electron chi connectivity index (χ0n) is 14.8. The standard InChI is InChI=1S/C19H24N4O3/c1-2-26-16-6-4-14(5-7-16)10-18(25)22-17-12-23(11-15(17)13-24)19-20-8-3-9-21-19/h3-9,15,17,24H,2,10-13H2,1H3,(H,22,25). The Morgan fingerprint density at radius 2 is 2.00 bits per heavy atom. The first-order valence-electron chi connectivity index (χ1n) is 8.83. The van der Waals surface area contributed by atoms with Gasteiger partial charge in [0.2, 0.25) is 11.9 Å². The molecule has 2 unspecified atom stereocenters. The van der Waals surface area contributed by atoms with Gasteiger partial charge < -0.3 is 20.1 Å². The van der Waals surface area contributed by atoms with Crippen molar-refractivity contribution in [1.29, 1.82) is 0 Å². The van der Waals surface area contributed by atoms with Gasteiger partial charge in [0.1, 0.15) is 5.75 Å². The molecule has 7 heteroatoms. The third-order valence-electron chi connectivity index (χ3n) is 4.46. The summed E-state index contributed by atoms with van der Waals surface area (Å²) in [5, 5.41) is 12.7. The molecule has 3 rings (SSSR count). The Labute approximate surface area is 153 Å². The first-order chi connectivity index (χ1) is 12.7. The van der Waals surface area contributed by atoms with E-state index in [1.54, 1.807) is 18.5 Å². The van der Waals surface area contributed by atoms with Crippen molar-refractivity contribution in [3.63, 3.8) is 0 Å². The maximum absolute atomic E-state index is 12.4. The maximum Gasteiger partial charge on any atom is 0.225 e. The Kier molecular flexibility index (Phi) is 6.01. The van der Waals surface area contributed by atoms with Crippen LogP contribution < -0.4 is 15.0 Å². The summed E-state index contributed by atoms with van der Waals surface area (Å²) in [6.45, 7) is 3.77. The summed E-state index contributed by atoms with van der Waals surface area (Å²) in [5.41, 5.74) is 0.924. The predicted molar refractivity (Wildman–Crippen MR) is 98.1 cm³/mol. The van der Waals surface area contributed by atoms with Gasteiger partial charge in [0, 0.05) is 38.0 Å². The lowest BCUT2D eigenvalue weighted by molar-refractivity contribution is -0.121. The molecule has 1 saturated heterocycles. The van der Waals surface area contributed by atoms with Crippen molar-refractivity contribution < 1.29 is 14.6 Å². The van der Waals surface area contributed by atoms with Crippen molar-refractivity contribution in [3.05, 3.63) is 48.3 Å². The van der Waals surface area contributed by atoms with Gasteiger partial charge in [-0.25, -0.2) is 9.97 Å². The van der Waals surface area contributed by atoms with Crippen LogP contribution in [-0.2, 0) is 11.2 Å². The number of aromatic nitrogens is 2. The van der Waals surface area contributed by atoms with Crippen LogP contribution in [0.15, 0.2) is 42.7 Å². The number of hydrogen-bond donors (Lipinski definition) is 2. The van der Waals surface area contributed by atoms with Crippen LogP contribution in [0.25, 0.3) is 0 Å². The highest BCUT2D eigenvalue weighted by atomic mass is 16.5. The van der Waals surface area contributed by atoms with E-state index in [9.17, 15) is 9.90 Å². The van der Waals surface area contributed by atoms with Gasteiger partial charge in [-0.2, -0.15) is 0 Å². The van der Waals surface area contributed by atoms with Crippen LogP contribution in [0, 0.1) is 5.92 Å². The summed E-state index contributed by atoms with van der Waals surface area (Å²) in [6, 6.07) is 9.16. The summed E-state index contributed by atoms with van der Waals surface area (Å²) in [7, 11) is 0. The number of anilines is 1. The molecule has 26 heavy (non-hydrogen) atoms. The highest BCUT2D eigenvalue weighted by molar-refractivity contribution is 5.79. The van der Waals surface area contributed by atoms with E-state index in [0.29, 0.717) is 32.1 Å². The van der Waals surface area contributed by atoms with Crippen LogP contribution in [0.1, 0.15) is 12.5 Å². The van der Waals surface area contributed by atoms with Crippen molar-refractivity contribution in [2.24, 2.45) is 5.92 Å². The van der Waals surface area contributed by atoms with Crippen molar-refractivity contribution in [1.82, 2.24) is 15.3 Å². The third kappa shape index (κ3) is 4.49. The quantitative estimate of drug-likeness (QED) is 0.771. The summed E-state index contributed by atoms with van der Waals surface area (Å²) in [4.78, 5) is 22.9. The zero-order chi connectivity index (χ0) is 18.4. The second-order valence-corrected chi connectivity index (χ2v) is 6.32. The largest absolute Gasteiger partial charge is 0.494 e. The van der Waals surface area contributed by atoms with E-state index >= 15 is 0 Å². The van der Waals surface area contributed by atoms with E-state index in [4.69, 9.17) is 4.74 Å². The molecule has 2 atom stereocenters. The molecule has 1 aliphatic rings. The molecule has 1 amide bonds. The average molecular weight is 356 g/mol. The Morgan fingerprint density at radius 1 is 1.27 bits per heavy atom. The fraction of sp³-hybridized carbons (Fsp3) is 0.421. The molecule has 1 aliphatic heterocycles. The number of aliphatic hydroxyl groups excluding tert-OH is 1. The number of carbonyl (C=O) groups excluding carboxylic acids is 1. The number of hydrogen-bond acceptors (Lipinski definition) is 6. The number of nitrogens with one attached hydrogen (secondary N) is 1. The van der Waals surface area contributed by atoms with E-state index in [1.165, 1.54) is 0 Å². The lowest BCUT2D eigenvalue weighted by Gasteiger charge is -2.18. The molecular formula is C19H24N4O3. The Morgan fingerprint density at radius 3 is 2.65 bits per heavy atom. The van der Waals surface area contributed by atoms with Gasteiger partial charge >= 0.3 is 0 Å². The highest BCUT2D eigenvalue weighted by Crippen LogP contribution is 2.21. The molecule has 138 valence electrons. The molecule has 1 aromatic heterocycles. The number of amides is 1. The normalized spacial score (nSPS) is 19.4. The lowest BCUT2D eigenvalue weighted by atomic mass is 10.0. The highest BCUT2D eigenvalue weighted by Gasteiger charge is 2.34. The van der Waals surface area contributed by atoms with Crippen LogP contribution in [0.2, 0.25) is 0 Å². The summed E-state index contributed by atoms with van der Waals surface area (Å²) >= 11 is 0. The Hall–Kier alpha value is -2.67. The van der Waals surface area contributed by atoms with E-state index in [-0.39, 0.29) is 24.5 Å². The topological polar surface area (TPSA) is 87.6 Å². The van der Waals surface area contributed by atoms with Gasteiger partial charge in [-0.05, 0) is 30.7 Å². The fourth-order valence-electron chi connectivity index (χ4n) is 3.15. The number of aliphatic hydroxyl groups is 1. The molecule has 0 spiro atoms. The monoisotopic (exact) mass is 356 g/mol. The molecule has 0 aliphatic carbocycles. The summed E-state index contributed by atoms with van der Waals surface area (Å²) in [5.74, 6) is 1.32. The molecule has 1 fully saturated rings. The summed E-state index contributed by atoms with van der Waals surface area (Å²) in [6.07, 6.45) is 3.67. The number of rotatable bonds is 7. The van der Waals surface area contributed by atoms with Crippen molar-refractivity contribution in [2.45, 2.75) is 19.4 Å². The molecule has 0 radical (unpaired) electrons. The minimum atomic E-state index is -0.126. The van der Waals surface area contributed by atoms with E-state index < -0.39 is 0 Å². The van der Waals surface area contributed by atoms with Crippen molar-refractivity contribution >= 4 is 11.9 Å². The first kappa shape index (κ1) is 18.1. The number of carbonyl (C=O) groups is 1. The number of benzene rings is 1. The van der Waals surface area contributed by atoms with E-state index in [0.717, 1.165) is 11.3 Å². The third-order valence-corrected chi connectivity index (χ3v) is 4.46. The zero-order valence-corrected chi connectivity index (χ0v) is 14.8. The molecule has 7 nitrogen and oxygen atoms in total. The second-order valence-electron chi connectivity index (χ2n) is 6.32. The second kappa shape index (κ2) is 8.62. The molecule has 2 heterocycles. The Bertz CT molecular complexity index is 708. The average Bonchev–Trinajstić information content (AvgIpc) is 3.07. The SMILES string of the molecule is CCOc1ccc(CC(=O)NC2CN(c3ncccn3)CC2CO)cc1. The lowest BCUT2D eigenvalue weighted by Crippen LogP contribution is -2.42. The van der Waals surface area contributed by atoms with Gasteiger partial charge in [0.05, 0.1) is 19.1 Å². The molecule has 2 N–H and O–H groups in total. The van der Waals surface area contributed by atoms with Crippen LogP contribution >= 0.6 is 0 Å². The Balaban J connectivity index is 1.57. The van der Waals surface area contributed by atoms with Gasteiger partial charge in [-0.1, -0.05) is 12.1 Å². The summed E-state index contributed by atoms with van der Waals surface area (Å²) < 4.78 is 5.41. The van der Waals surface area contributed by atoms with Crippen molar-refractivity contribution in [3.8, 4) is 5.75 Å². The molecule has 0 saturated carbocycles. The molecular weight excluding hydrogens is 332 g/mol. The van der Waals surface area contributed by atoms with E-state index in [1.807, 2.05) is 36.1 Å². The fourth-order valence-corrected chi connectivity index (χ4v) is 3.15.